The molecule has 0 aliphatic carbocycles. The van der Waals surface area contributed by atoms with Gasteiger partial charge in [-0.25, -0.2) is 4.79 Å². The number of carbonyl (C=O) groups is 3. The minimum atomic E-state index is -0.445. The van der Waals surface area contributed by atoms with Crippen LogP contribution in [-0.4, -0.2) is 31.0 Å². The number of urea groups is 1. The lowest BCUT2D eigenvalue weighted by Crippen LogP contribution is -2.41. The summed E-state index contributed by atoms with van der Waals surface area (Å²) in [6, 6.07) is 13.0. The third-order valence-corrected chi connectivity index (χ3v) is 3.73. The second-order valence-corrected chi connectivity index (χ2v) is 6.32. The Hall–Kier alpha value is -3.55. The third-order valence-electron chi connectivity index (χ3n) is 3.73. The van der Waals surface area contributed by atoms with Crippen molar-refractivity contribution in [3.8, 4) is 5.75 Å². The van der Waals surface area contributed by atoms with Gasteiger partial charge in [0, 0.05) is 23.7 Å². The Kier molecular flexibility index (Phi) is 7.38. The van der Waals surface area contributed by atoms with Gasteiger partial charge in [0.05, 0.1) is 7.11 Å². The molecule has 8 heteroatoms. The van der Waals surface area contributed by atoms with Gasteiger partial charge in [0.25, 0.3) is 11.8 Å². The topological polar surface area (TPSA) is 109 Å². The van der Waals surface area contributed by atoms with Gasteiger partial charge in [0.15, 0.2) is 0 Å². The molecule has 0 saturated heterocycles. The van der Waals surface area contributed by atoms with E-state index >= 15 is 0 Å². The van der Waals surface area contributed by atoms with Crippen molar-refractivity contribution in [2.45, 2.75) is 26.4 Å². The van der Waals surface area contributed by atoms with Crippen molar-refractivity contribution in [2.24, 2.45) is 0 Å². The molecule has 0 heterocycles. The summed E-state index contributed by atoms with van der Waals surface area (Å²) < 4.78 is 5.03. The third kappa shape index (κ3) is 6.31. The Balaban J connectivity index is 1.83. The molecule has 4 N–H and O–H groups in total. The maximum atomic E-state index is 12.2. The van der Waals surface area contributed by atoms with Crippen LogP contribution >= 0.6 is 0 Å². The van der Waals surface area contributed by atoms with Gasteiger partial charge in [-0.05, 0) is 55.8 Å². The van der Waals surface area contributed by atoms with Crippen molar-refractivity contribution in [1.29, 1.82) is 0 Å². The molecule has 0 aromatic heterocycles. The Morgan fingerprint density at radius 3 is 1.82 bits per heavy atom. The van der Waals surface area contributed by atoms with E-state index in [4.69, 9.17) is 4.74 Å². The molecular weight excluding hydrogens is 360 g/mol. The van der Waals surface area contributed by atoms with Crippen molar-refractivity contribution in [3.63, 3.8) is 0 Å². The number of nitrogens with one attached hydrogen (secondary N) is 4. The van der Waals surface area contributed by atoms with E-state index in [1.54, 1.807) is 48.5 Å². The second kappa shape index (κ2) is 9.96. The van der Waals surface area contributed by atoms with Gasteiger partial charge >= 0.3 is 6.03 Å². The minimum Gasteiger partial charge on any atom is -0.497 e. The SMILES string of the molecule is COc1ccc(C(=O)NNC(=O)c2ccc(CNC(=O)NC(C)C)cc2)cc1. The zero-order chi connectivity index (χ0) is 20.5. The maximum absolute atomic E-state index is 12.2. The molecule has 8 nitrogen and oxygen atoms in total. The monoisotopic (exact) mass is 384 g/mol. The lowest BCUT2D eigenvalue weighted by atomic mass is 10.1. The van der Waals surface area contributed by atoms with Gasteiger partial charge in [-0.3, -0.25) is 20.4 Å². The molecule has 0 bridgehead atoms. The quantitative estimate of drug-likeness (QED) is 0.571. The van der Waals surface area contributed by atoms with Crippen LogP contribution in [0.2, 0.25) is 0 Å². The highest BCUT2D eigenvalue weighted by Gasteiger charge is 2.10. The molecule has 0 unspecified atom stereocenters. The van der Waals surface area contributed by atoms with Crippen molar-refractivity contribution >= 4 is 17.8 Å². The summed E-state index contributed by atoms with van der Waals surface area (Å²) in [5.41, 5.74) is 6.35. The zero-order valence-corrected chi connectivity index (χ0v) is 16.0. The van der Waals surface area contributed by atoms with Crippen LogP contribution in [-0.2, 0) is 6.54 Å². The Bertz CT molecular complexity index is 817. The van der Waals surface area contributed by atoms with E-state index in [0.717, 1.165) is 5.56 Å². The van der Waals surface area contributed by atoms with Gasteiger partial charge in [0.2, 0.25) is 0 Å². The molecule has 0 radical (unpaired) electrons. The van der Waals surface area contributed by atoms with Crippen LogP contribution in [0.3, 0.4) is 0 Å². The highest BCUT2D eigenvalue weighted by Crippen LogP contribution is 2.11. The molecule has 0 aliphatic heterocycles. The van der Waals surface area contributed by atoms with Crippen LogP contribution in [0.25, 0.3) is 0 Å². The summed E-state index contributed by atoms with van der Waals surface area (Å²) in [6.07, 6.45) is 0. The van der Waals surface area contributed by atoms with E-state index in [0.29, 0.717) is 23.4 Å². The number of benzene rings is 2. The van der Waals surface area contributed by atoms with E-state index in [2.05, 4.69) is 21.5 Å². The van der Waals surface area contributed by atoms with Gasteiger partial charge < -0.3 is 15.4 Å². The molecule has 28 heavy (non-hydrogen) atoms. The predicted molar refractivity (Wildman–Crippen MR) is 105 cm³/mol. The molecule has 2 aromatic rings. The number of methoxy groups -OCH3 is 1. The van der Waals surface area contributed by atoms with Crippen LogP contribution in [0, 0.1) is 0 Å². The largest absolute Gasteiger partial charge is 0.497 e. The first-order chi connectivity index (χ1) is 13.4. The smallest absolute Gasteiger partial charge is 0.315 e. The average Bonchev–Trinajstić information content (AvgIpc) is 2.70. The van der Waals surface area contributed by atoms with E-state index in [1.807, 2.05) is 13.8 Å². The molecule has 4 amide bonds. The predicted octanol–water partition coefficient (Wildman–Crippen LogP) is 1.98. The summed E-state index contributed by atoms with van der Waals surface area (Å²) in [5, 5.41) is 5.46. The van der Waals surface area contributed by atoms with Crippen molar-refractivity contribution in [1.82, 2.24) is 21.5 Å². The molecule has 148 valence electrons. The molecule has 2 rings (SSSR count). The lowest BCUT2D eigenvalue weighted by Gasteiger charge is -2.11. The number of ether oxygens (including phenoxy) is 1. The van der Waals surface area contributed by atoms with Crippen molar-refractivity contribution in [2.75, 3.05) is 7.11 Å². The summed E-state index contributed by atoms with van der Waals surface area (Å²) in [6.45, 7) is 4.09. The Morgan fingerprint density at radius 2 is 1.36 bits per heavy atom. The fraction of sp³-hybridized carbons (Fsp3) is 0.250. The fourth-order valence-electron chi connectivity index (χ4n) is 2.27. The molecule has 0 spiro atoms. The van der Waals surface area contributed by atoms with Gasteiger partial charge in [-0.1, -0.05) is 12.1 Å². The molecular formula is C20H24N4O4. The maximum Gasteiger partial charge on any atom is 0.315 e. The number of hydrazine groups is 1. The number of amides is 4. The first-order valence-corrected chi connectivity index (χ1v) is 8.77. The van der Waals surface area contributed by atoms with Gasteiger partial charge in [0.1, 0.15) is 5.75 Å². The van der Waals surface area contributed by atoms with Gasteiger partial charge in [-0.2, -0.15) is 0 Å². The van der Waals surface area contributed by atoms with Crippen molar-refractivity contribution < 1.29 is 19.1 Å². The summed E-state index contributed by atoms with van der Waals surface area (Å²) in [4.78, 5) is 35.8. The van der Waals surface area contributed by atoms with Gasteiger partial charge in [-0.15, -0.1) is 0 Å². The molecule has 0 aliphatic rings. The number of rotatable bonds is 6. The van der Waals surface area contributed by atoms with Crippen LogP contribution in [0.15, 0.2) is 48.5 Å². The van der Waals surface area contributed by atoms with E-state index in [1.165, 1.54) is 7.11 Å². The number of hydrogen-bond acceptors (Lipinski definition) is 4. The van der Waals surface area contributed by atoms with Crippen LogP contribution in [0.5, 0.6) is 5.75 Å². The second-order valence-electron chi connectivity index (χ2n) is 6.32. The summed E-state index contributed by atoms with van der Waals surface area (Å²) >= 11 is 0. The van der Waals surface area contributed by atoms with Crippen LogP contribution < -0.4 is 26.2 Å². The van der Waals surface area contributed by atoms with E-state index < -0.39 is 11.8 Å². The number of carbonyl (C=O) groups excluding carboxylic acids is 3. The van der Waals surface area contributed by atoms with E-state index in [-0.39, 0.29) is 12.1 Å². The van der Waals surface area contributed by atoms with Crippen LogP contribution in [0.4, 0.5) is 4.79 Å². The fourth-order valence-corrected chi connectivity index (χ4v) is 2.27. The lowest BCUT2D eigenvalue weighted by molar-refractivity contribution is 0.0846. The zero-order valence-electron chi connectivity index (χ0n) is 16.0. The van der Waals surface area contributed by atoms with Crippen molar-refractivity contribution in [3.05, 3.63) is 65.2 Å². The standard InChI is InChI=1S/C20H24N4O4/c1-13(2)22-20(27)21-12-14-4-6-15(7-5-14)18(25)23-24-19(26)16-8-10-17(28-3)11-9-16/h4-11,13H,12H2,1-3H3,(H,23,25)(H,24,26)(H2,21,22,27). The Morgan fingerprint density at radius 1 is 0.857 bits per heavy atom. The Labute approximate surface area is 163 Å². The normalized spacial score (nSPS) is 10.1. The number of hydrogen-bond donors (Lipinski definition) is 4. The van der Waals surface area contributed by atoms with Crippen LogP contribution in [0.1, 0.15) is 40.1 Å². The first-order valence-electron chi connectivity index (χ1n) is 8.77. The average molecular weight is 384 g/mol. The summed E-state index contributed by atoms with van der Waals surface area (Å²) in [5.74, 6) is -0.247. The highest BCUT2D eigenvalue weighted by atomic mass is 16.5. The first kappa shape index (κ1) is 20.8. The molecule has 0 atom stereocenters. The molecule has 0 saturated carbocycles. The van der Waals surface area contributed by atoms with E-state index in [9.17, 15) is 14.4 Å². The summed E-state index contributed by atoms with van der Waals surface area (Å²) in [7, 11) is 1.54. The minimum absolute atomic E-state index is 0.0548. The highest BCUT2D eigenvalue weighted by molar-refractivity contribution is 5.99. The molecule has 2 aromatic carbocycles. The molecule has 0 fully saturated rings.